The molecule has 0 aliphatic heterocycles. The zero-order chi connectivity index (χ0) is 6.78. The molecule has 0 heterocycles. The van der Waals surface area contributed by atoms with Gasteiger partial charge in [-0.15, -0.1) is 0 Å². The Kier molecular flexibility index (Phi) is 5.53. The van der Waals surface area contributed by atoms with Crippen LogP contribution in [0.4, 0.5) is 17.6 Å². The first-order valence-corrected chi connectivity index (χ1v) is 1.72. The van der Waals surface area contributed by atoms with Crippen LogP contribution in [0.1, 0.15) is 0 Å². The van der Waals surface area contributed by atoms with Gasteiger partial charge in [0.05, 0.1) is 0 Å². The van der Waals surface area contributed by atoms with E-state index < -0.39 is 12.5 Å². The van der Waals surface area contributed by atoms with Crippen molar-refractivity contribution in [2.75, 3.05) is 7.11 Å². The van der Waals surface area contributed by atoms with Crippen molar-refractivity contribution in [3.8, 4) is 0 Å². The average molecular weight is 140 g/mol. The van der Waals surface area contributed by atoms with Crippen molar-refractivity contribution in [1.29, 1.82) is 0 Å². The summed E-state index contributed by atoms with van der Waals surface area (Å²) in [7, 11) is 0.520. The van der Waals surface area contributed by atoms with Gasteiger partial charge < -0.3 is 4.74 Å². The molecule has 0 saturated heterocycles. The van der Waals surface area contributed by atoms with Crippen molar-refractivity contribution >= 4 is 18.9 Å². The zero-order valence-electron chi connectivity index (χ0n) is 4.00. The van der Waals surface area contributed by atoms with Crippen LogP contribution in [0.15, 0.2) is 0 Å². The second kappa shape index (κ2) is 4.15. The van der Waals surface area contributed by atoms with Gasteiger partial charge in [0.2, 0.25) is 0 Å². The van der Waals surface area contributed by atoms with Crippen molar-refractivity contribution in [2.24, 2.45) is 0 Å². The Labute approximate surface area is 61.5 Å². The van der Waals surface area contributed by atoms with Crippen molar-refractivity contribution < 1.29 is 22.3 Å². The van der Waals surface area contributed by atoms with Gasteiger partial charge in [0.15, 0.2) is 0 Å². The van der Waals surface area contributed by atoms with Crippen LogP contribution in [0.2, 0.25) is 0 Å². The van der Waals surface area contributed by atoms with E-state index in [2.05, 4.69) is 4.74 Å². The van der Waals surface area contributed by atoms with Crippen LogP contribution in [-0.4, -0.2) is 38.5 Å². The number of hydrogen-bond acceptors (Lipinski definition) is 1. The number of halogens is 4. The van der Waals surface area contributed by atoms with Gasteiger partial charge in [0.25, 0.3) is 0 Å². The van der Waals surface area contributed by atoms with E-state index in [0.717, 1.165) is 0 Å². The number of hydrogen-bond donors (Lipinski definition) is 0. The maximum atomic E-state index is 11.3. The summed E-state index contributed by atoms with van der Waals surface area (Å²) in [5, 5.41) is 0. The number of rotatable bonds is 2. The van der Waals surface area contributed by atoms with E-state index in [9.17, 15) is 17.6 Å². The van der Waals surface area contributed by atoms with E-state index in [1.54, 1.807) is 0 Å². The minimum absolute atomic E-state index is 0. The molecule has 0 aliphatic carbocycles. The second-order valence-electron chi connectivity index (χ2n) is 1.07. The molecule has 0 aliphatic rings. The number of methoxy groups -OCH3 is 1. The Morgan fingerprint density at radius 1 is 1.33 bits per heavy atom. The fourth-order valence-electron chi connectivity index (χ4n) is 0.0891. The number of alkyl halides is 4. The van der Waals surface area contributed by atoms with E-state index in [-0.39, 0.29) is 18.9 Å². The van der Waals surface area contributed by atoms with Gasteiger partial charge in [-0.2, -0.15) is 8.78 Å². The monoisotopic (exact) mass is 140 g/mol. The molecular weight excluding hydrogens is 135 g/mol. The molecule has 9 heavy (non-hydrogen) atoms. The van der Waals surface area contributed by atoms with Crippen molar-refractivity contribution in [1.82, 2.24) is 0 Å². The summed E-state index contributed by atoms with van der Waals surface area (Å²) >= 11 is 0. The first-order chi connectivity index (χ1) is 3.50. The van der Waals surface area contributed by atoms with Crippen molar-refractivity contribution in [2.45, 2.75) is 12.5 Å². The molecule has 0 aromatic heterocycles. The Hall–Kier alpha value is 0.277. The Morgan fingerprint density at radius 2 is 1.67 bits per heavy atom. The molecule has 52 valence electrons. The summed E-state index contributed by atoms with van der Waals surface area (Å²) < 4.78 is 47.6. The Bertz CT molecular complexity index is 76.2. The fraction of sp³-hybridized carbons (Fsp3) is 1.00. The molecule has 0 spiro atoms. The quantitative estimate of drug-likeness (QED) is 0.408. The fourth-order valence-corrected chi connectivity index (χ4v) is 0.0891. The van der Waals surface area contributed by atoms with E-state index in [4.69, 9.17) is 0 Å². The van der Waals surface area contributed by atoms with Crippen molar-refractivity contribution in [3.05, 3.63) is 0 Å². The molecule has 0 amide bonds. The number of ether oxygens (including phenoxy) is 1. The molecule has 0 rings (SSSR count). The summed E-state index contributed by atoms with van der Waals surface area (Å²) in [6, 6.07) is 0. The molecule has 0 N–H and O–H groups in total. The first-order valence-electron chi connectivity index (χ1n) is 1.72. The average Bonchev–Trinajstić information content (AvgIpc) is 1.67. The standard InChI is InChI=1S/C3H4F4O.Li.H/c1-8-3(6,7)2(4)5;;/h2H,1H3;;. The maximum absolute atomic E-state index is 11.3. The van der Waals surface area contributed by atoms with Crippen molar-refractivity contribution in [3.63, 3.8) is 0 Å². The van der Waals surface area contributed by atoms with E-state index in [1.165, 1.54) is 0 Å². The molecule has 0 saturated carbocycles. The first kappa shape index (κ1) is 12.0. The molecule has 0 aromatic carbocycles. The second-order valence-corrected chi connectivity index (χ2v) is 1.07. The molecule has 0 aromatic rings. The van der Waals surface area contributed by atoms with Gasteiger partial charge in [0, 0.05) is 7.11 Å². The topological polar surface area (TPSA) is 9.23 Å². The van der Waals surface area contributed by atoms with E-state index in [0.29, 0.717) is 7.11 Å². The third kappa shape index (κ3) is 3.79. The normalized spacial score (nSPS) is 11.3. The predicted molar refractivity (Wildman–Crippen MR) is 25.1 cm³/mol. The summed E-state index contributed by atoms with van der Waals surface area (Å²) in [6.45, 7) is 0. The Balaban J connectivity index is 0. The van der Waals surface area contributed by atoms with Crippen LogP contribution in [-0.2, 0) is 4.74 Å². The van der Waals surface area contributed by atoms with Crippen LogP contribution in [0, 0.1) is 0 Å². The third-order valence-electron chi connectivity index (χ3n) is 0.526. The molecule has 0 unspecified atom stereocenters. The summed E-state index contributed by atoms with van der Waals surface area (Å²) in [6.07, 6.45) is -8.03. The van der Waals surface area contributed by atoms with Crippen LogP contribution in [0.5, 0.6) is 0 Å². The van der Waals surface area contributed by atoms with E-state index in [1.807, 2.05) is 0 Å². The molecule has 0 atom stereocenters. The predicted octanol–water partition coefficient (Wildman–Crippen LogP) is 0.842. The molecule has 6 heteroatoms. The van der Waals surface area contributed by atoms with E-state index >= 15 is 0 Å². The van der Waals surface area contributed by atoms with Gasteiger partial charge >= 0.3 is 31.4 Å². The van der Waals surface area contributed by atoms with Gasteiger partial charge in [0.1, 0.15) is 0 Å². The van der Waals surface area contributed by atoms with Gasteiger partial charge in [-0.25, -0.2) is 8.78 Å². The molecule has 0 radical (unpaired) electrons. The van der Waals surface area contributed by atoms with Crippen LogP contribution in [0.25, 0.3) is 0 Å². The molecular formula is C3H5F4LiO. The molecule has 0 fully saturated rings. The third-order valence-corrected chi connectivity index (χ3v) is 0.526. The van der Waals surface area contributed by atoms with Crippen LogP contribution >= 0.6 is 0 Å². The summed E-state index contributed by atoms with van der Waals surface area (Å²) in [4.78, 5) is 0. The van der Waals surface area contributed by atoms with Crippen LogP contribution in [0.3, 0.4) is 0 Å². The van der Waals surface area contributed by atoms with Gasteiger partial charge in [-0.3, -0.25) is 0 Å². The van der Waals surface area contributed by atoms with Gasteiger partial charge in [-0.05, 0) is 0 Å². The van der Waals surface area contributed by atoms with Gasteiger partial charge in [-0.1, -0.05) is 0 Å². The Morgan fingerprint density at radius 3 is 1.67 bits per heavy atom. The molecule has 0 bridgehead atoms. The summed E-state index contributed by atoms with van der Waals surface area (Å²) in [5.41, 5.74) is 0. The van der Waals surface area contributed by atoms with Crippen LogP contribution < -0.4 is 0 Å². The minimum atomic E-state index is -4.29. The SMILES string of the molecule is COC(F)(F)C(F)F.[LiH]. The zero-order valence-corrected chi connectivity index (χ0v) is 4.00. The summed E-state index contributed by atoms with van der Waals surface area (Å²) in [5.74, 6) is 0. The molecule has 1 nitrogen and oxygen atoms in total.